The van der Waals surface area contributed by atoms with Crippen molar-refractivity contribution in [3.05, 3.63) is 64.2 Å². The number of halogens is 1. The molecular weight excluding hydrogens is 380 g/mol. The van der Waals surface area contributed by atoms with Crippen LogP contribution in [-0.4, -0.2) is 39.2 Å². The molecule has 0 amide bonds. The van der Waals surface area contributed by atoms with Crippen molar-refractivity contribution in [3.8, 4) is 0 Å². The Balaban J connectivity index is 0.00000136. The fraction of sp³-hybridized carbons (Fsp3) is 0.200. The molecule has 0 radical (unpaired) electrons. The van der Waals surface area contributed by atoms with E-state index in [9.17, 15) is 14.7 Å². The molecule has 28 heavy (non-hydrogen) atoms. The van der Waals surface area contributed by atoms with Gasteiger partial charge in [0.2, 0.25) is 0 Å². The van der Waals surface area contributed by atoms with E-state index in [1.165, 1.54) is 4.68 Å². The van der Waals surface area contributed by atoms with Crippen molar-refractivity contribution >= 4 is 40.8 Å². The number of hydrogen-bond donors (Lipinski definition) is 2. The van der Waals surface area contributed by atoms with Gasteiger partial charge in [0, 0.05) is 18.6 Å². The van der Waals surface area contributed by atoms with Crippen molar-refractivity contribution < 1.29 is 14.7 Å². The Labute approximate surface area is 167 Å². The van der Waals surface area contributed by atoms with Crippen LogP contribution >= 0.6 is 11.6 Å². The van der Waals surface area contributed by atoms with Gasteiger partial charge in [0.1, 0.15) is 0 Å². The summed E-state index contributed by atoms with van der Waals surface area (Å²) in [7, 11) is 1.70. The van der Waals surface area contributed by atoms with Gasteiger partial charge >= 0.3 is 5.97 Å². The molecule has 0 saturated carbocycles. The number of aromatic nitrogens is 3. The third-order valence-electron chi connectivity index (χ3n) is 3.80. The molecule has 2 aromatic heterocycles. The maximum Gasteiger partial charge on any atom is 0.357 e. The third kappa shape index (κ3) is 4.55. The molecule has 0 aliphatic heterocycles. The second-order valence-corrected chi connectivity index (χ2v) is 5.97. The van der Waals surface area contributed by atoms with Gasteiger partial charge in [-0.15, -0.1) is 0 Å². The molecule has 3 rings (SSSR count). The van der Waals surface area contributed by atoms with Crippen LogP contribution < -0.4 is 5.32 Å². The van der Waals surface area contributed by atoms with Gasteiger partial charge in [0.05, 0.1) is 28.3 Å². The Morgan fingerprint density at radius 2 is 2.07 bits per heavy atom. The number of carboxylic acid groups (broad SMARTS) is 1. The number of nitrogens with one attached hydrogen (secondary N) is 1. The average molecular weight is 401 g/mol. The van der Waals surface area contributed by atoms with Gasteiger partial charge in [-0.1, -0.05) is 31.5 Å². The van der Waals surface area contributed by atoms with Crippen LogP contribution in [0.3, 0.4) is 0 Å². The monoisotopic (exact) mass is 400 g/mol. The van der Waals surface area contributed by atoms with Gasteiger partial charge in [-0.05, 0) is 36.0 Å². The number of carbonyl (C=O) groups is 2. The Kier molecular flexibility index (Phi) is 7.28. The number of rotatable bonds is 6. The van der Waals surface area contributed by atoms with Crippen LogP contribution in [0, 0.1) is 0 Å². The number of aldehydes is 1. The van der Waals surface area contributed by atoms with E-state index < -0.39 is 5.97 Å². The minimum atomic E-state index is -1.25. The highest BCUT2D eigenvalue weighted by Crippen LogP contribution is 2.21. The summed E-state index contributed by atoms with van der Waals surface area (Å²) in [6, 6.07) is 7.43. The Morgan fingerprint density at radius 1 is 1.32 bits per heavy atom. The van der Waals surface area contributed by atoms with Crippen molar-refractivity contribution in [1.29, 1.82) is 0 Å². The molecule has 0 fully saturated rings. The lowest BCUT2D eigenvalue weighted by Gasteiger charge is -2.07. The molecule has 3 aromatic rings. The van der Waals surface area contributed by atoms with E-state index in [0.29, 0.717) is 23.5 Å². The van der Waals surface area contributed by atoms with Crippen LogP contribution in [0.5, 0.6) is 0 Å². The quantitative estimate of drug-likeness (QED) is 0.610. The molecule has 0 spiro atoms. The second-order valence-electron chi connectivity index (χ2n) is 5.53. The standard InChI is InChI=1S/C18H15ClN4O3.C2H6/c1-20-5-4-16-14(10-24)17(18(25)26)22-23(16)9-11-2-3-15-12(6-11)7-13(19)8-21-15;1-2/h2-8,10,20H,9H2,1H3,(H,25,26);1-2H3/b5-4-;. The van der Waals surface area contributed by atoms with E-state index in [-0.39, 0.29) is 11.3 Å². The summed E-state index contributed by atoms with van der Waals surface area (Å²) in [6.07, 6.45) is 5.30. The lowest BCUT2D eigenvalue weighted by atomic mass is 10.1. The van der Waals surface area contributed by atoms with Gasteiger partial charge in [-0.3, -0.25) is 14.5 Å². The number of aromatic carboxylic acids is 1. The van der Waals surface area contributed by atoms with Crippen LogP contribution in [0.15, 0.2) is 36.7 Å². The van der Waals surface area contributed by atoms with E-state index in [0.717, 1.165) is 16.5 Å². The Morgan fingerprint density at radius 3 is 2.71 bits per heavy atom. The zero-order chi connectivity index (χ0) is 20.7. The number of fused-ring (bicyclic) bond motifs is 1. The highest BCUT2D eigenvalue weighted by Gasteiger charge is 2.21. The topological polar surface area (TPSA) is 97.1 Å². The fourth-order valence-electron chi connectivity index (χ4n) is 2.65. The number of benzene rings is 1. The van der Waals surface area contributed by atoms with Crippen molar-refractivity contribution in [2.24, 2.45) is 0 Å². The maximum absolute atomic E-state index is 11.4. The van der Waals surface area contributed by atoms with Crippen LogP contribution in [0.25, 0.3) is 17.0 Å². The molecule has 0 bridgehead atoms. The van der Waals surface area contributed by atoms with Gasteiger partial charge in [0.25, 0.3) is 0 Å². The SMILES string of the molecule is CC.CN/C=C\c1c(C=O)c(C(=O)O)nn1Cc1ccc2ncc(Cl)cc2c1. The van der Waals surface area contributed by atoms with E-state index >= 15 is 0 Å². The zero-order valence-electron chi connectivity index (χ0n) is 15.8. The van der Waals surface area contributed by atoms with Gasteiger partial charge in [-0.2, -0.15) is 5.10 Å². The predicted molar refractivity (Wildman–Crippen MR) is 110 cm³/mol. The van der Waals surface area contributed by atoms with Crippen LogP contribution in [0.1, 0.15) is 46.0 Å². The van der Waals surface area contributed by atoms with Gasteiger partial charge in [0.15, 0.2) is 12.0 Å². The highest BCUT2D eigenvalue weighted by atomic mass is 35.5. The minimum Gasteiger partial charge on any atom is -0.476 e. The third-order valence-corrected chi connectivity index (χ3v) is 4.01. The maximum atomic E-state index is 11.4. The smallest absolute Gasteiger partial charge is 0.357 e. The molecular formula is C20H21ClN4O3. The summed E-state index contributed by atoms with van der Waals surface area (Å²) in [5.74, 6) is -1.25. The largest absolute Gasteiger partial charge is 0.476 e. The Bertz CT molecular complexity index is 1030. The first-order valence-electron chi connectivity index (χ1n) is 8.70. The summed E-state index contributed by atoms with van der Waals surface area (Å²) < 4.78 is 1.49. The number of carbonyl (C=O) groups excluding carboxylic acids is 1. The van der Waals surface area contributed by atoms with Crippen molar-refractivity contribution in [3.63, 3.8) is 0 Å². The fourth-order valence-corrected chi connectivity index (χ4v) is 2.81. The summed E-state index contributed by atoms with van der Waals surface area (Å²) in [5, 5.41) is 17.6. The van der Waals surface area contributed by atoms with Gasteiger partial charge < -0.3 is 10.4 Å². The van der Waals surface area contributed by atoms with E-state index in [1.54, 1.807) is 31.6 Å². The first kappa shape index (κ1) is 21.1. The van der Waals surface area contributed by atoms with E-state index in [2.05, 4.69) is 15.4 Å². The molecule has 0 atom stereocenters. The number of pyridine rings is 1. The van der Waals surface area contributed by atoms with Crippen molar-refractivity contribution in [2.45, 2.75) is 20.4 Å². The number of nitrogens with zero attached hydrogens (tertiary/aromatic N) is 3. The predicted octanol–water partition coefficient (Wildman–Crippen LogP) is 3.86. The molecule has 7 nitrogen and oxygen atoms in total. The van der Waals surface area contributed by atoms with Crippen LogP contribution in [-0.2, 0) is 6.54 Å². The Hall–Kier alpha value is -3.19. The summed E-state index contributed by atoms with van der Waals surface area (Å²) >= 11 is 5.99. The summed E-state index contributed by atoms with van der Waals surface area (Å²) in [4.78, 5) is 27.0. The molecule has 8 heteroatoms. The van der Waals surface area contributed by atoms with Crippen LogP contribution in [0.2, 0.25) is 5.02 Å². The second kappa shape index (κ2) is 9.66. The number of hydrogen-bond acceptors (Lipinski definition) is 5. The molecule has 146 valence electrons. The molecule has 0 unspecified atom stereocenters. The molecule has 0 aliphatic carbocycles. The summed E-state index contributed by atoms with van der Waals surface area (Å²) in [6.45, 7) is 4.29. The normalized spacial score (nSPS) is 10.6. The molecule has 0 saturated heterocycles. The lowest BCUT2D eigenvalue weighted by molar-refractivity contribution is 0.0686. The van der Waals surface area contributed by atoms with E-state index in [1.807, 2.05) is 32.0 Å². The molecule has 1 aromatic carbocycles. The van der Waals surface area contributed by atoms with Gasteiger partial charge in [-0.25, -0.2) is 4.79 Å². The van der Waals surface area contributed by atoms with Crippen molar-refractivity contribution in [2.75, 3.05) is 7.05 Å². The zero-order valence-corrected chi connectivity index (χ0v) is 16.6. The minimum absolute atomic E-state index is 0.0366. The van der Waals surface area contributed by atoms with E-state index in [4.69, 9.17) is 11.6 Å². The first-order chi connectivity index (χ1) is 13.5. The molecule has 2 N–H and O–H groups in total. The molecule has 0 aliphatic rings. The lowest BCUT2D eigenvalue weighted by Crippen LogP contribution is -2.06. The van der Waals surface area contributed by atoms with Crippen molar-refractivity contribution in [1.82, 2.24) is 20.1 Å². The van der Waals surface area contributed by atoms with Crippen LogP contribution in [0.4, 0.5) is 0 Å². The number of carboxylic acids is 1. The first-order valence-corrected chi connectivity index (χ1v) is 9.08. The summed E-state index contributed by atoms with van der Waals surface area (Å²) in [5.41, 5.74) is 1.85. The highest BCUT2D eigenvalue weighted by molar-refractivity contribution is 6.31. The molecule has 2 heterocycles. The average Bonchev–Trinajstić information content (AvgIpc) is 3.05.